The Morgan fingerprint density at radius 2 is 1.62 bits per heavy atom. The van der Waals surface area contributed by atoms with Gasteiger partial charge >= 0.3 is 0 Å². The molecular formula is C19H20N4O3. The monoisotopic (exact) mass is 352 g/mol. The Hall–Kier alpha value is -3.35. The molecule has 1 N–H and O–H groups in total. The number of hydrogen-bond donors (Lipinski definition) is 1. The molecule has 0 radical (unpaired) electrons. The summed E-state index contributed by atoms with van der Waals surface area (Å²) in [5.74, 6) is 1.32. The molecule has 1 aromatic heterocycles. The van der Waals surface area contributed by atoms with Crippen LogP contribution in [0.3, 0.4) is 0 Å². The second-order valence-electron chi connectivity index (χ2n) is 5.60. The molecule has 1 heterocycles. The lowest BCUT2D eigenvalue weighted by atomic mass is 10.1. The van der Waals surface area contributed by atoms with Crippen LogP contribution in [-0.4, -0.2) is 41.7 Å². The standard InChI is InChI=1S/C19H20N4O3/c1-25-16-7-3-14(4-8-16)11-12-20-19(24)18-13-23(22-21-18)15-5-9-17(26-2)10-6-15/h3-10,13H,11-12H2,1-2H3,(H,20,24). The number of nitrogens with zero attached hydrogens (tertiary/aromatic N) is 3. The average Bonchev–Trinajstić information content (AvgIpc) is 3.19. The third-order valence-corrected chi connectivity index (χ3v) is 3.92. The van der Waals surface area contributed by atoms with Gasteiger partial charge in [-0.3, -0.25) is 4.79 Å². The first-order chi connectivity index (χ1) is 12.7. The highest BCUT2D eigenvalue weighted by molar-refractivity contribution is 5.91. The number of aromatic nitrogens is 3. The van der Waals surface area contributed by atoms with E-state index in [0.29, 0.717) is 6.54 Å². The van der Waals surface area contributed by atoms with Crippen molar-refractivity contribution in [3.63, 3.8) is 0 Å². The third kappa shape index (κ3) is 4.18. The normalized spacial score (nSPS) is 10.4. The molecule has 7 nitrogen and oxygen atoms in total. The lowest BCUT2D eigenvalue weighted by Gasteiger charge is -2.05. The minimum Gasteiger partial charge on any atom is -0.497 e. The fourth-order valence-corrected chi connectivity index (χ4v) is 2.43. The highest BCUT2D eigenvalue weighted by atomic mass is 16.5. The molecule has 2 aromatic carbocycles. The van der Waals surface area contributed by atoms with Gasteiger partial charge in [-0.05, 0) is 48.4 Å². The van der Waals surface area contributed by atoms with Gasteiger partial charge in [-0.1, -0.05) is 17.3 Å². The Bertz CT molecular complexity index is 857. The van der Waals surface area contributed by atoms with E-state index in [1.807, 2.05) is 48.5 Å². The minimum atomic E-state index is -0.252. The Kier molecular flexibility index (Phi) is 5.48. The Morgan fingerprint density at radius 1 is 1.00 bits per heavy atom. The number of ether oxygens (including phenoxy) is 2. The molecule has 3 rings (SSSR count). The second kappa shape index (κ2) is 8.15. The van der Waals surface area contributed by atoms with Crippen molar-refractivity contribution in [1.82, 2.24) is 20.3 Å². The molecule has 0 spiro atoms. The quantitative estimate of drug-likeness (QED) is 0.706. The van der Waals surface area contributed by atoms with Gasteiger partial charge in [0, 0.05) is 6.54 Å². The number of hydrogen-bond acceptors (Lipinski definition) is 5. The van der Waals surface area contributed by atoms with E-state index in [4.69, 9.17) is 9.47 Å². The lowest BCUT2D eigenvalue weighted by Crippen LogP contribution is -2.26. The third-order valence-electron chi connectivity index (χ3n) is 3.92. The number of methoxy groups -OCH3 is 2. The molecule has 134 valence electrons. The molecular weight excluding hydrogens is 332 g/mol. The fraction of sp³-hybridized carbons (Fsp3) is 0.211. The zero-order valence-electron chi connectivity index (χ0n) is 14.7. The first-order valence-electron chi connectivity index (χ1n) is 8.17. The lowest BCUT2D eigenvalue weighted by molar-refractivity contribution is 0.0949. The van der Waals surface area contributed by atoms with Gasteiger partial charge in [0.1, 0.15) is 11.5 Å². The number of rotatable bonds is 7. The molecule has 0 unspecified atom stereocenters. The van der Waals surface area contributed by atoms with E-state index in [2.05, 4.69) is 15.6 Å². The van der Waals surface area contributed by atoms with Crippen LogP contribution in [0.4, 0.5) is 0 Å². The van der Waals surface area contributed by atoms with Gasteiger partial charge in [0.2, 0.25) is 0 Å². The van der Waals surface area contributed by atoms with Crippen LogP contribution in [0.2, 0.25) is 0 Å². The molecule has 0 saturated carbocycles. The summed E-state index contributed by atoms with van der Waals surface area (Å²) >= 11 is 0. The number of amides is 1. The maximum atomic E-state index is 12.2. The molecule has 26 heavy (non-hydrogen) atoms. The minimum absolute atomic E-state index is 0.252. The van der Waals surface area contributed by atoms with Crippen LogP contribution >= 0.6 is 0 Å². The van der Waals surface area contributed by atoms with E-state index in [0.717, 1.165) is 29.2 Å². The van der Waals surface area contributed by atoms with E-state index in [-0.39, 0.29) is 11.6 Å². The molecule has 0 bridgehead atoms. The fourth-order valence-electron chi connectivity index (χ4n) is 2.43. The predicted molar refractivity (Wildman–Crippen MR) is 96.9 cm³/mol. The van der Waals surface area contributed by atoms with Crippen molar-refractivity contribution in [2.45, 2.75) is 6.42 Å². The largest absolute Gasteiger partial charge is 0.497 e. The number of carbonyl (C=O) groups excluding carboxylic acids is 1. The Labute approximate surface area is 151 Å². The highest BCUT2D eigenvalue weighted by Crippen LogP contribution is 2.14. The van der Waals surface area contributed by atoms with Crippen LogP contribution in [0.1, 0.15) is 16.1 Å². The van der Waals surface area contributed by atoms with Gasteiger partial charge in [0.15, 0.2) is 5.69 Å². The number of benzene rings is 2. The summed E-state index contributed by atoms with van der Waals surface area (Å²) < 4.78 is 11.8. The summed E-state index contributed by atoms with van der Waals surface area (Å²) in [7, 11) is 3.24. The SMILES string of the molecule is COc1ccc(CCNC(=O)c2cn(-c3ccc(OC)cc3)nn2)cc1. The average molecular weight is 352 g/mol. The second-order valence-corrected chi connectivity index (χ2v) is 5.60. The van der Waals surface area contributed by atoms with E-state index in [9.17, 15) is 4.79 Å². The van der Waals surface area contributed by atoms with Crippen molar-refractivity contribution < 1.29 is 14.3 Å². The van der Waals surface area contributed by atoms with Crippen molar-refractivity contribution in [1.29, 1.82) is 0 Å². The summed E-state index contributed by atoms with van der Waals surface area (Å²) in [6.45, 7) is 0.514. The summed E-state index contributed by atoms with van der Waals surface area (Å²) in [4.78, 5) is 12.2. The molecule has 7 heteroatoms. The molecule has 1 amide bonds. The van der Waals surface area contributed by atoms with Gasteiger partial charge in [-0.25, -0.2) is 4.68 Å². The van der Waals surface area contributed by atoms with Crippen LogP contribution in [0.5, 0.6) is 11.5 Å². The van der Waals surface area contributed by atoms with Gasteiger partial charge in [-0.2, -0.15) is 0 Å². The van der Waals surface area contributed by atoms with Gasteiger partial charge in [0.25, 0.3) is 5.91 Å². The van der Waals surface area contributed by atoms with Crippen molar-refractivity contribution in [3.8, 4) is 17.2 Å². The Morgan fingerprint density at radius 3 is 2.23 bits per heavy atom. The van der Waals surface area contributed by atoms with Gasteiger partial charge in [0.05, 0.1) is 26.1 Å². The van der Waals surface area contributed by atoms with E-state index < -0.39 is 0 Å². The summed E-state index contributed by atoms with van der Waals surface area (Å²) in [5.41, 5.74) is 2.19. The maximum Gasteiger partial charge on any atom is 0.273 e. The molecule has 3 aromatic rings. The summed E-state index contributed by atoms with van der Waals surface area (Å²) in [6.07, 6.45) is 2.33. The van der Waals surface area contributed by atoms with Gasteiger partial charge in [-0.15, -0.1) is 5.10 Å². The smallest absolute Gasteiger partial charge is 0.273 e. The summed E-state index contributed by atoms with van der Waals surface area (Å²) in [6, 6.07) is 15.1. The van der Waals surface area contributed by atoms with Crippen molar-refractivity contribution in [3.05, 3.63) is 66.0 Å². The van der Waals surface area contributed by atoms with Crippen LogP contribution < -0.4 is 14.8 Å². The van der Waals surface area contributed by atoms with Crippen LogP contribution in [-0.2, 0) is 6.42 Å². The van der Waals surface area contributed by atoms with Crippen molar-refractivity contribution >= 4 is 5.91 Å². The molecule has 0 aliphatic carbocycles. The van der Waals surface area contributed by atoms with Crippen molar-refractivity contribution in [2.24, 2.45) is 0 Å². The topological polar surface area (TPSA) is 78.3 Å². The van der Waals surface area contributed by atoms with Crippen LogP contribution in [0.15, 0.2) is 54.7 Å². The molecule has 0 aliphatic rings. The summed E-state index contributed by atoms with van der Waals surface area (Å²) in [5, 5.41) is 10.8. The highest BCUT2D eigenvalue weighted by Gasteiger charge is 2.11. The molecule has 0 aliphatic heterocycles. The maximum absolute atomic E-state index is 12.2. The van der Waals surface area contributed by atoms with Crippen molar-refractivity contribution in [2.75, 3.05) is 20.8 Å². The molecule has 0 fully saturated rings. The predicted octanol–water partition coefficient (Wildman–Crippen LogP) is 2.26. The Balaban J connectivity index is 1.55. The van der Waals surface area contributed by atoms with Crippen LogP contribution in [0, 0.1) is 0 Å². The first-order valence-corrected chi connectivity index (χ1v) is 8.17. The number of nitrogens with one attached hydrogen (secondary N) is 1. The van der Waals surface area contributed by atoms with E-state index in [1.165, 1.54) is 0 Å². The first kappa shape index (κ1) is 17.5. The van der Waals surface area contributed by atoms with E-state index in [1.54, 1.807) is 25.1 Å². The molecule has 0 saturated heterocycles. The van der Waals surface area contributed by atoms with Crippen LogP contribution in [0.25, 0.3) is 5.69 Å². The molecule has 0 atom stereocenters. The van der Waals surface area contributed by atoms with E-state index >= 15 is 0 Å². The zero-order chi connectivity index (χ0) is 18.4. The van der Waals surface area contributed by atoms with Gasteiger partial charge < -0.3 is 14.8 Å². The number of carbonyl (C=O) groups is 1. The zero-order valence-corrected chi connectivity index (χ0v) is 14.7.